The molecule has 6 rings (SSSR count). The van der Waals surface area contributed by atoms with E-state index in [4.69, 9.17) is 30.5 Å². The first kappa shape index (κ1) is 63.0. The number of sulfone groups is 1. The molecule has 2 unspecified atom stereocenters. The molecular weight excluding hydrogens is 1070 g/mol. The van der Waals surface area contributed by atoms with E-state index < -0.39 is 84.5 Å². The van der Waals surface area contributed by atoms with Gasteiger partial charge in [0, 0.05) is 51.0 Å². The smallest absolute Gasteiger partial charge is 0.431 e. The fourth-order valence-electron chi connectivity index (χ4n) is 8.22. The Labute approximate surface area is 452 Å². The van der Waals surface area contributed by atoms with E-state index in [9.17, 15) is 65.3 Å². The molecule has 1 aliphatic carbocycles. The molecule has 4 aromatic carbocycles. The third-order valence-electron chi connectivity index (χ3n) is 12.3. The molecule has 2 atom stereocenters. The first-order valence-electron chi connectivity index (χ1n) is 24.2. The molecule has 5 aromatic rings. The van der Waals surface area contributed by atoms with E-state index in [1.807, 2.05) is 51.1 Å². The lowest BCUT2D eigenvalue weighted by molar-refractivity contribution is -0.385. The van der Waals surface area contributed by atoms with Gasteiger partial charge in [-0.15, -0.1) is 11.6 Å². The van der Waals surface area contributed by atoms with Gasteiger partial charge in [-0.2, -0.15) is 13.2 Å². The van der Waals surface area contributed by atoms with Gasteiger partial charge in [-0.05, 0) is 99.2 Å². The van der Waals surface area contributed by atoms with Crippen molar-refractivity contribution in [2.45, 2.75) is 96.5 Å². The zero-order chi connectivity index (χ0) is 58.4. The molecular formula is C54H60ClF3N4O15S. The number of methoxy groups -OCH3 is 2. The van der Waals surface area contributed by atoms with Crippen LogP contribution in [0.3, 0.4) is 0 Å². The number of aryl methyl sites for hydroxylation is 3. The Morgan fingerprint density at radius 2 is 1.54 bits per heavy atom. The minimum atomic E-state index is -4.84. The molecule has 19 nitrogen and oxygen atoms in total. The summed E-state index contributed by atoms with van der Waals surface area (Å²) in [5.74, 6) is -3.41. The Hall–Kier alpha value is -7.50. The second-order valence-electron chi connectivity index (χ2n) is 17.8. The monoisotopic (exact) mass is 1130 g/mol. The lowest BCUT2D eigenvalue weighted by atomic mass is 9.81. The molecule has 1 fully saturated rings. The van der Waals surface area contributed by atoms with Crippen LogP contribution in [-0.2, 0) is 71.2 Å². The van der Waals surface area contributed by atoms with Crippen LogP contribution in [0.4, 0.5) is 24.5 Å². The van der Waals surface area contributed by atoms with Crippen molar-refractivity contribution in [3.05, 3.63) is 149 Å². The van der Waals surface area contributed by atoms with E-state index in [1.165, 1.54) is 31.4 Å². The van der Waals surface area contributed by atoms with Crippen LogP contribution in [0.25, 0.3) is 5.69 Å². The van der Waals surface area contributed by atoms with Crippen molar-refractivity contribution < 1.29 is 69.4 Å². The number of hydrogen-bond donors (Lipinski definition) is 0. The largest absolute Gasteiger partial charge is 0.489 e. The highest BCUT2D eigenvalue weighted by molar-refractivity contribution is 7.90. The number of rotatable bonds is 18. The SMILES string of the molecule is CCc1ccc(COc2ccc(-n3c(=O)cc(C(F)(F)F)n(C)c3=O)cc2)c(OC(C)C(=O)OC)c1.CCc1cccc(C)c1N(C(=O)CCl)C(C)COC.CS(=O)(=O)c1ccc(C(=O)C2C(=O)CCCC2=O)c([N+](=O)[O-])c1. The highest BCUT2D eigenvalue weighted by atomic mass is 35.5. The Morgan fingerprint density at radius 1 is 0.897 bits per heavy atom. The number of halogens is 4. The van der Waals surface area contributed by atoms with Crippen molar-refractivity contribution in [3.63, 3.8) is 0 Å². The van der Waals surface area contributed by atoms with Crippen molar-refractivity contribution in [1.82, 2.24) is 9.13 Å². The second kappa shape index (κ2) is 27.7. The number of alkyl halides is 4. The van der Waals surface area contributed by atoms with Crippen molar-refractivity contribution in [1.29, 1.82) is 0 Å². The van der Waals surface area contributed by atoms with Crippen LogP contribution in [0.15, 0.2) is 99.4 Å². The van der Waals surface area contributed by atoms with Crippen molar-refractivity contribution in [2.24, 2.45) is 13.0 Å². The summed E-state index contributed by atoms with van der Waals surface area (Å²) in [4.78, 5) is 96.4. The number of para-hydroxylation sites is 1. The predicted molar refractivity (Wildman–Crippen MR) is 283 cm³/mol. The van der Waals surface area contributed by atoms with E-state index in [1.54, 1.807) is 18.9 Å². The Morgan fingerprint density at radius 3 is 2.08 bits per heavy atom. The van der Waals surface area contributed by atoms with Gasteiger partial charge in [-0.3, -0.25) is 38.7 Å². The summed E-state index contributed by atoms with van der Waals surface area (Å²) in [6.45, 7) is 10.2. The third kappa shape index (κ3) is 15.8. The lowest BCUT2D eigenvalue weighted by Crippen LogP contribution is -2.43. The number of hydrogen-bond acceptors (Lipinski definition) is 15. The molecule has 0 spiro atoms. The first-order valence-corrected chi connectivity index (χ1v) is 26.6. The van der Waals surface area contributed by atoms with Crippen LogP contribution in [-0.4, -0.2) is 96.8 Å². The average Bonchev–Trinajstić information content (AvgIpc) is 3.44. The van der Waals surface area contributed by atoms with Gasteiger partial charge in [0.2, 0.25) is 5.91 Å². The molecule has 1 heterocycles. The van der Waals surface area contributed by atoms with Crippen LogP contribution in [0.1, 0.15) is 85.3 Å². The van der Waals surface area contributed by atoms with E-state index in [-0.39, 0.29) is 47.9 Å². The highest BCUT2D eigenvalue weighted by Gasteiger charge is 2.39. The summed E-state index contributed by atoms with van der Waals surface area (Å²) >= 11 is 5.76. The van der Waals surface area contributed by atoms with Gasteiger partial charge in [-0.1, -0.05) is 44.2 Å². The fourth-order valence-corrected chi connectivity index (χ4v) is 8.99. The second-order valence-corrected chi connectivity index (χ2v) is 20.1. The first-order chi connectivity index (χ1) is 36.6. The summed E-state index contributed by atoms with van der Waals surface area (Å²) in [6, 6.07) is 20.5. The maximum absolute atomic E-state index is 13.1. The van der Waals surface area contributed by atoms with Gasteiger partial charge in [-0.25, -0.2) is 22.6 Å². The van der Waals surface area contributed by atoms with Crippen LogP contribution in [0.5, 0.6) is 11.5 Å². The van der Waals surface area contributed by atoms with E-state index in [0.717, 1.165) is 66.7 Å². The van der Waals surface area contributed by atoms with E-state index >= 15 is 0 Å². The topological polar surface area (TPSA) is 247 Å². The van der Waals surface area contributed by atoms with Gasteiger partial charge in [0.25, 0.3) is 11.2 Å². The van der Waals surface area contributed by atoms with Gasteiger partial charge >= 0.3 is 17.8 Å². The molecule has 1 saturated carbocycles. The number of ketones is 3. The van der Waals surface area contributed by atoms with Crippen molar-refractivity contribution >= 4 is 62.0 Å². The number of benzene rings is 4. The number of carbonyl (C=O) groups is 5. The Balaban J connectivity index is 0.000000269. The van der Waals surface area contributed by atoms with Gasteiger partial charge < -0.3 is 23.8 Å². The quantitative estimate of drug-likeness (QED) is 0.0202. The number of ether oxygens (including phenoxy) is 4. The minimum absolute atomic E-state index is 0.0223. The van der Waals surface area contributed by atoms with Crippen LogP contribution in [0, 0.1) is 23.0 Å². The number of Topliss-reactive ketones (excluding diaryl/α,β-unsaturated/α-hetero) is 3. The maximum Gasteiger partial charge on any atom is 0.431 e. The standard InChI is InChI=1S/C25H25F3N2O6.C15H22ClNO2.C14H13NO7S/c1-5-16-6-7-17(20(12-16)36-15(2)23(32)34-4)14-35-19-10-8-18(9-11-19)30-22(31)13-21(25(26,27)28)29(3)24(30)33;1-5-13-8-6-7-11(2)15(13)17(14(18)9-16)12(3)10-19-4;1-23(21,22)8-5-6-9(10(7-8)15(19)20)14(18)13-11(16)3-2-4-12(13)17/h6-13,15H,5,14H2,1-4H3;6-8,12H,5,9-10H2,1-4H3;5-7,13H,2-4H2,1H3. The van der Waals surface area contributed by atoms with Gasteiger partial charge in [0.1, 0.15) is 35.6 Å². The number of anilines is 1. The Bertz CT molecular complexity index is 3250. The van der Waals surface area contributed by atoms with Crippen LogP contribution in [0.2, 0.25) is 0 Å². The molecule has 1 amide bonds. The number of amides is 1. The van der Waals surface area contributed by atoms with Crippen LogP contribution < -0.4 is 25.6 Å². The van der Waals surface area contributed by atoms with E-state index in [0.29, 0.717) is 45.3 Å². The minimum Gasteiger partial charge on any atom is -0.489 e. The zero-order valence-corrected chi connectivity index (χ0v) is 45.9. The molecule has 24 heteroatoms. The number of carbonyl (C=O) groups excluding carboxylic acids is 5. The molecule has 1 aromatic heterocycles. The van der Waals surface area contributed by atoms with Crippen LogP contribution >= 0.6 is 11.6 Å². The van der Waals surface area contributed by atoms with E-state index in [2.05, 4.69) is 13.0 Å². The van der Waals surface area contributed by atoms with Crippen molar-refractivity contribution in [3.8, 4) is 17.2 Å². The number of nitrogens with zero attached hydrogens (tertiary/aromatic N) is 4. The molecule has 0 bridgehead atoms. The lowest BCUT2D eigenvalue weighted by Gasteiger charge is -2.31. The Kier molecular flexibility index (Phi) is 22.4. The number of nitro benzene ring substituents is 1. The summed E-state index contributed by atoms with van der Waals surface area (Å²) < 4.78 is 84.6. The van der Waals surface area contributed by atoms with Gasteiger partial charge in [0.05, 0.1) is 46.5 Å². The molecule has 420 valence electrons. The zero-order valence-electron chi connectivity index (χ0n) is 44.3. The number of esters is 1. The van der Waals surface area contributed by atoms with Gasteiger partial charge in [0.15, 0.2) is 33.3 Å². The molecule has 0 saturated heterocycles. The molecule has 1 aliphatic rings. The van der Waals surface area contributed by atoms with Crippen molar-refractivity contribution in [2.75, 3.05) is 37.9 Å². The summed E-state index contributed by atoms with van der Waals surface area (Å²) in [5, 5.41) is 11.1. The highest BCUT2D eigenvalue weighted by Crippen LogP contribution is 2.31. The molecule has 0 N–H and O–H groups in total. The molecule has 78 heavy (non-hydrogen) atoms. The predicted octanol–water partition coefficient (Wildman–Crippen LogP) is 7.92. The fraction of sp³-hybridized carbons (Fsp3) is 0.389. The maximum atomic E-state index is 13.1. The molecule has 0 radical (unpaired) electrons. The number of aromatic nitrogens is 2. The number of nitro groups is 1. The summed E-state index contributed by atoms with van der Waals surface area (Å²) in [5.41, 5.74) is 0.242. The normalized spacial score (nSPS) is 13.4. The average molecular weight is 1130 g/mol. The summed E-state index contributed by atoms with van der Waals surface area (Å²) in [6.07, 6.45) is -2.66. The molecule has 0 aliphatic heterocycles. The summed E-state index contributed by atoms with van der Waals surface area (Å²) in [7, 11) is 0.158. The third-order valence-corrected chi connectivity index (χ3v) is 13.6.